The molecular weight excluding hydrogens is 425 g/mol. The number of nitrogens with one attached hydrogen (secondary N) is 1. The van der Waals surface area contributed by atoms with Gasteiger partial charge in [-0.15, -0.1) is 0 Å². The van der Waals surface area contributed by atoms with E-state index in [4.69, 9.17) is 6.57 Å². The predicted molar refractivity (Wildman–Crippen MR) is 123 cm³/mol. The van der Waals surface area contributed by atoms with Gasteiger partial charge in [0.15, 0.2) is 5.69 Å². The molecule has 2 amide bonds. The zero-order chi connectivity index (χ0) is 23.8. The Morgan fingerprint density at radius 3 is 2.55 bits per heavy atom. The fourth-order valence-corrected chi connectivity index (χ4v) is 3.62. The third kappa shape index (κ3) is 6.37. The zero-order valence-corrected chi connectivity index (χ0v) is 18.4. The summed E-state index contributed by atoms with van der Waals surface area (Å²) in [6.07, 6.45) is 2.53. The molecule has 172 valence electrons. The number of hydrogen-bond acceptors (Lipinski definition) is 5. The summed E-state index contributed by atoms with van der Waals surface area (Å²) in [5.41, 5.74) is 4.12. The van der Waals surface area contributed by atoms with E-state index in [2.05, 4.69) is 15.4 Å². The number of phenolic OH excluding ortho intramolecular Hbond substituents is 1. The molecule has 33 heavy (non-hydrogen) atoms. The van der Waals surface area contributed by atoms with Gasteiger partial charge in [0.05, 0.1) is 19.3 Å². The van der Waals surface area contributed by atoms with E-state index in [-0.39, 0.29) is 29.7 Å². The SMILES string of the molecule is [C-]#[N+]c1ccc(C(=O)N2CCN(CC(=O)N/N=C/c3cc(F)cc(CCC)c3O)CC2)cc1. The van der Waals surface area contributed by atoms with Crippen molar-refractivity contribution in [1.29, 1.82) is 0 Å². The third-order valence-corrected chi connectivity index (χ3v) is 5.37. The van der Waals surface area contributed by atoms with Crippen molar-refractivity contribution in [2.75, 3.05) is 32.7 Å². The predicted octanol–water partition coefficient (Wildman–Crippen LogP) is 2.94. The molecule has 8 nitrogen and oxygen atoms in total. The van der Waals surface area contributed by atoms with Gasteiger partial charge in [0.25, 0.3) is 11.8 Å². The zero-order valence-electron chi connectivity index (χ0n) is 18.4. The Kier molecular flexibility index (Phi) is 8.11. The first kappa shape index (κ1) is 23.9. The minimum absolute atomic E-state index is 0.0410. The maximum absolute atomic E-state index is 13.8. The monoisotopic (exact) mass is 451 g/mol. The number of amides is 2. The highest BCUT2D eigenvalue weighted by molar-refractivity contribution is 5.94. The Morgan fingerprint density at radius 1 is 1.21 bits per heavy atom. The highest BCUT2D eigenvalue weighted by Gasteiger charge is 2.23. The lowest BCUT2D eigenvalue weighted by molar-refractivity contribution is -0.122. The first-order chi connectivity index (χ1) is 15.9. The molecule has 0 atom stereocenters. The average molecular weight is 452 g/mol. The fourth-order valence-electron chi connectivity index (χ4n) is 3.62. The Bertz CT molecular complexity index is 1070. The number of rotatable bonds is 7. The highest BCUT2D eigenvalue weighted by atomic mass is 19.1. The van der Waals surface area contributed by atoms with Gasteiger partial charge in [-0.2, -0.15) is 5.10 Å². The van der Waals surface area contributed by atoms with Gasteiger partial charge in [0, 0.05) is 37.3 Å². The normalized spacial score (nSPS) is 14.3. The molecule has 0 bridgehead atoms. The first-order valence-electron chi connectivity index (χ1n) is 10.7. The van der Waals surface area contributed by atoms with E-state index in [1.165, 1.54) is 12.3 Å². The molecule has 1 heterocycles. The first-order valence-corrected chi connectivity index (χ1v) is 10.7. The van der Waals surface area contributed by atoms with Crippen molar-refractivity contribution in [2.24, 2.45) is 5.10 Å². The minimum Gasteiger partial charge on any atom is -0.507 e. The molecule has 3 rings (SSSR count). The van der Waals surface area contributed by atoms with Crippen LogP contribution in [-0.4, -0.2) is 65.7 Å². The number of carbonyl (C=O) groups excluding carboxylic acids is 2. The van der Waals surface area contributed by atoms with Crippen LogP contribution in [0.3, 0.4) is 0 Å². The molecule has 0 spiro atoms. The van der Waals surface area contributed by atoms with Crippen LogP contribution in [0.5, 0.6) is 5.75 Å². The van der Waals surface area contributed by atoms with Crippen molar-refractivity contribution < 1.29 is 19.1 Å². The summed E-state index contributed by atoms with van der Waals surface area (Å²) in [5.74, 6) is -0.956. The summed E-state index contributed by atoms with van der Waals surface area (Å²) in [6.45, 7) is 11.1. The number of aryl methyl sites for hydroxylation is 1. The third-order valence-electron chi connectivity index (χ3n) is 5.37. The van der Waals surface area contributed by atoms with Gasteiger partial charge < -0.3 is 10.0 Å². The van der Waals surface area contributed by atoms with Crippen LogP contribution in [0.1, 0.15) is 34.8 Å². The molecule has 1 saturated heterocycles. The van der Waals surface area contributed by atoms with E-state index < -0.39 is 5.82 Å². The van der Waals surface area contributed by atoms with E-state index in [1.807, 2.05) is 11.8 Å². The Balaban J connectivity index is 1.47. The Hall–Kier alpha value is -3.77. The van der Waals surface area contributed by atoms with Crippen molar-refractivity contribution >= 4 is 23.7 Å². The number of piperazine rings is 1. The van der Waals surface area contributed by atoms with Crippen LogP contribution < -0.4 is 5.43 Å². The number of aromatic hydroxyl groups is 1. The van der Waals surface area contributed by atoms with Crippen LogP contribution >= 0.6 is 0 Å². The Morgan fingerprint density at radius 2 is 1.91 bits per heavy atom. The average Bonchev–Trinajstić information content (AvgIpc) is 2.82. The molecular formula is C24H26FN5O3. The van der Waals surface area contributed by atoms with Gasteiger partial charge in [-0.05, 0) is 24.1 Å². The van der Waals surface area contributed by atoms with Crippen molar-refractivity contribution in [3.63, 3.8) is 0 Å². The maximum Gasteiger partial charge on any atom is 0.254 e. The number of hydrazone groups is 1. The number of nitrogens with zero attached hydrogens (tertiary/aromatic N) is 4. The summed E-state index contributed by atoms with van der Waals surface area (Å²) >= 11 is 0. The lowest BCUT2D eigenvalue weighted by Crippen LogP contribution is -2.50. The summed E-state index contributed by atoms with van der Waals surface area (Å²) < 4.78 is 13.8. The fraction of sp³-hybridized carbons (Fsp3) is 0.333. The molecule has 0 aliphatic carbocycles. The number of carbonyl (C=O) groups is 2. The van der Waals surface area contributed by atoms with E-state index in [0.717, 1.165) is 12.5 Å². The van der Waals surface area contributed by atoms with E-state index in [9.17, 15) is 19.1 Å². The second-order valence-electron chi connectivity index (χ2n) is 7.77. The molecule has 9 heteroatoms. The quantitative estimate of drug-likeness (QED) is 0.385. The van der Waals surface area contributed by atoms with Crippen LogP contribution in [0.2, 0.25) is 0 Å². The van der Waals surface area contributed by atoms with Gasteiger partial charge in [-0.25, -0.2) is 14.7 Å². The van der Waals surface area contributed by atoms with Crippen LogP contribution in [-0.2, 0) is 11.2 Å². The molecule has 0 unspecified atom stereocenters. The van der Waals surface area contributed by atoms with Crippen molar-refractivity contribution in [3.05, 3.63) is 70.3 Å². The van der Waals surface area contributed by atoms with E-state index >= 15 is 0 Å². The standard InChI is InChI=1S/C24H26FN5O3/c1-3-4-18-13-20(25)14-19(23(18)32)15-27-28-22(31)16-29-9-11-30(12-10-29)24(33)17-5-7-21(26-2)8-6-17/h5-8,13-15,32H,3-4,9-12,16H2,1H3,(H,28,31)/b27-15+. The van der Waals surface area contributed by atoms with Crippen LogP contribution in [0.15, 0.2) is 41.5 Å². The summed E-state index contributed by atoms with van der Waals surface area (Å²) in [7, 11) is 0. The van der Waals surface area contributed by atoms with Crippen LogP contribution in [0, 0.1) is 12.4 Å². The van der Waals surface area contributed by atoms with Gasteiger partial charge in [-0.3, -0.25) is 14.5 Å². The van der Waals surface area contributed by atoms with Crippen molar-refractivity contribution in [3.8, 4) is 5.75 Å². The molecule has 1 aliphatic heterocycles. The van der Waals surface area contributed by atoms with Crippen molar-refractivity contribution in [2.45, 2.75) is 19.8 Å². The number of halogens is 1. The second kappa shape index (κ2) is 11.2. The summed E-state index contributed by atoms with van der Waals surface area (Å²) in [4.78, 5) is 31.8. The van der Waals surface area contributed by atoms with Crippen molar-refractivity contribution in [1.82, 2.24) is 15.2 Å². The lowest BCUT2D eigenvalue weighted by Gasteiger charge is -2.34. The van der Waals surface area contributed by atoms with Gasteiger partial charge >= 0.3 is 0 Å². The topological polar surface area (TPSA) is 89.6 Å². The highest BCUT2D eigenvalue weighted by Crippen LogP contribution is 2.24. The molecule has 2 aromatic rings. The largest absolute Gasteiger partial charge is 0.507 e. The van der Waals surface area contributed by atoms with E-state index in [1.54, 1.807) is 29.2 Å². The number of benzene rings is 2. The minimum atomic E-state index is -0.473. The number of phenols is 1. The molecule has 1 aliphatic rings. The van der Waals surface area contributed by atoms with Gasteiger partial charge in [-0.1, -0.05) is 37.6 Å². The Labute approximate surface area is 192 Å². The summed E-state index contributed by atoms with van der Waals surface area (Å²) in [6, 6.07) is 8.99. The van der Waals surface area contributed by atoms with Gasteiger partial charge in [0.2, 0.25) is 0 Å². The van der Waals surface area contributed by atoms with Crippen LogP contribution in [0.4, 0.5) is 10.1 Å². The number of hydrogen-bond donors (Lipinski definition) is 2. The molecule has 1 fully saturated rings. The molecule has 2 aromatic carbocycles. The summed E-state index contributed by atoms with van der Waals surface area (Å²) in [5, 5.41) is 14.1. The molecule has 0 aromatic heterocycles. The van der Waals surface area contributed by atoms with Crippen LogP contribution in [0.25, 0.3) is 4.85 Å². The lowest BCUT2D eigenvalue weighted by atomic mass is 10.1. The van der Waals surface area contributed by atoms with Gasteiger partial charge in [0.1, 0.15) is 11.6 Å². The maximum atomic E-state index is 13.8. The molecule has 0 radical (unpaired) electrons. The molecule has 2 N–H and O–H groups in total. The van der Waals surface area contributed by atoms with E-state index in [0.29, 0.717) is 49.4 Å². The smallest absolute Gasteiger partial charge is 0.254 e. The molecule has 0 saturated carbocycles. The second-order valence-corrected chi connectivity index (χ2v) is 7.77.